The Hall–Kier alpha value is -0.0800. The Morgan fingerprint density at radius 1 is 1.40 bits per heavy atom. The molecule has 2 nitrogen and oxygen atoms in total. The van der Waals surface area contributed by atoms with E-state index in [1.54, 1.807) is 0 Å². The zero-order valence-corrected chi connectivity index (χ0v) is 7.43. The van der Waals surface area contributed by atoms with Crippen LogP contribution in [0, 0.1) is 5.92 Å². The fraction of sp³-hybridized carbons (Fsp3) is 1.00. The summed E-state index contributed by atoms with van der Waals surface area (Å²) in [5.74, 6) is 0.694. The van der Waals surface area contributed by atoms with Gasteiger partial charge < -0.3 is 10.6 Å². The molecular weight excluding hydrogens is 124 g/mol. The Morgan fingerprint density at radius 2 is 2.00 bits per heavy atom. The molecule has 2 heteroatoms. The van der Waals surface area contributed by atoms with Crippen LogP contribution in [0.2, 0.25) is 0 Å². The van der Waals surface area contributed by atoms with Gasteiger partial charge in [0.1, 0.15) is 0 Å². The molecule has 0 bridgehead atoms. The van der Waals surface area contributed by atoms with E-state index >= 15 is 0 Å². The second kappa shape index (κ2) is 5.69. The maximum Gasteiger partial charge on any atom is 0.00156 e. The molecule has 1 unspecified atom stereocenters. The van der Waals surface area contributed by atoms with E-state index in [-0.39, 0.29) is 0 Å². The van der Waals surface area contributed by atoms with Crippen molar-refractivity contribution in [1.29, 1.82) is 0 Å². The second-order valence-electron chi connectivity index (χ2n) is 3.15. The summed E-state index contributed by atoms with van der Waals surface area (Å²) >= 11 is 0. The zero-order chi connectivity index (χ0) is 7.98. The molecule has 0 aliphatic carbocycles. The standard InChI is InChI=1S/C8H20N2/c1-4-5-8(6-9)7-10(2)3/h8H,4-7,9H2,1-3H3. The average molecular weight is 144 g/mol. The third-order valence-corrected chi connectivity index (χ3v) is 1.65. The van der Waals surface area contributed by atoms with E-state index in [1.807, 2.05) is 0 Å². The smallest absolute Gasteiger partial charge is 0.00156 e. The van der Waals surface area contributed by atoms with Crippen LogP contribution in [-0.4, -0.2) is 32.1 Å². The number of nitrogens with two attached hydrogens (primary N) is 1. The maximum atomic E-state index is 5.58. The molecule has 0 saturated heterocycles. The molecule has 0 aliphatic heterocycles. The highest BCUT2D eigenvalue weighted by Crippen LogP contribution is 2.04. The van der Waals surface area contributed by atoms with Crippen LogP contribution in [0.1, 0.15) is 19.8 Å². The van der Waals surface area contributed by atoms with E-state index < -0.39 is 0 Å². The Balaban J connectivity index is 3.39. The highest BCUT2D eigenvalue weighted by Gasteiger charge is 2.05. The molecule has 0 heterocycles. The molecular formula is C8H20N2. The summed E-state index contributed by atoms with van der Waals surface area (Å²) in [7, 11) is 4.19. The SMILES string of the molecule is CCCC(CN)CN(C)C. The van der Waals surface area contributed by atoms with E-state index in [1.165, 1.54) is 12.8 Å². The van der Waals surface area contributed by atoms with Gasteiger partial charge >= 0.3 is 0 Å². The molecule has 0 aromatic heterocycles. The van der Waals surface area contributed by atoms with E-state index in [9.17, 15) is 0 Å². The molecule has 0 aromatic rings. The molecule has 2 N–H and O–H groups in total. The third-order valence-electron chi connectivity index (χ3n) is 1.65. The fourth-order valence-electron chi connectivity index (χ4n) is 1.21. The molecule has 0 saturated carbocycles. The van der Waals surface area contributed by atoms with Gasteiger partial charge in [0.25, 0.3) is 0 Å². The molecule has 0 aromatic carbocycles. The van der Waals surface area contributed by atoms with Crippen LogP contribution < -0.4 is 5.73 Å². The molecule has 0 amide bonds. The molecule has 0 fully saturated rings. The molecule has 0 spiro atoms. The predicted octanol–water partition coefficient (Wildman–Crippen LogP) is 0.923. The lowest BCUT2D eigenvalue weighted by atomic mass is 10.0. The maximum absolute atomic E-state index is 5.58. The first-order valence-electron chi connectivity index (χ1n) is 4.05. The lowest BCUT2D eigenvalue weighted by molar-refractivity contribution is 0.315. The van der Waals surface area contributed by atoms with Gasteiger partial charge in [-0.1, -0.05) is 13.3 Å². The minimum absolute atomic E-state index is 0.694. The lowest BCUT2D eigenvalue weighted by Gasteiger charge is -2.18. The van der Waals surface area contributed by atoms with Crippen LogP contribution in [0.4, 0.5) is 0 Å². The molecule has 62 valence electrons. The van der Waals surface area contributed by atoms with E-state index in [2.05, 4.69) is 25.9 Å². The first kappa shape index (κ1) is 9.92. The van der Waals surface area contributed by atoms with Gasteiger partial charge in [0.2, 0.25) is 0 Å². The fourth-order valence-corrected chi connectivity index (χ4v) is 1.21. The number of hydrogen-bond acceptors (Lipinski definition) is 2. The van der Waals surface area contributed by atoms with Crippen molar-refractivity contribution in [3.63, 3.8) is 0 Å². The Morgan fingerprint density at radius 3 is 2.30 bits per heavy atom. The van der Waals surface area contributed by atoms with Crippen molar-refractivity contribution in [3.8, 4) is 0 Å². The van der Waals surface area contributed by atoms with Gasteiger partial charge in [-0.05, 0) is 33.0 Å². The summed E-state index contributed by atoms with van der Waals surface area (Å²) in [5.41, 5.74) is 5.58. The van der Waals surface area contributed by atoms with Crippen molar-refractivity contribution in [2.75, 3.05) is 27.2 Å². The first-order valence-corrected chi connectivity index (χ1v) is 4.05. The summed E-state index contributed by atoms with van der Waals surface area (Å²) in [4.78, 5) is 2.20. The van der Waals surface area contributed by atoms with Crippen molar-refractivity contribution in [2.45, 2.75) is 19.8 Å². The topological polar surface area (TPSA) is 29.3 Å². The van der Waals surface area contributed by atoms with Crippen LogP contribution in [0.3, 0.4) is 0 Å². The van der Waals surface area contributed by atoms with Crippen molar-refractivity contribution < 1.29 is 0 Å². The molecule has 0 rings (SSSR count). The largest absolute Gasteiger partial charge is 0.330 e. The van der Waals surface area contributed by atoms with E-state index in [4.69, 9.17) is 5.73 Å². The summed E-state index contributed by atoms with van der Waals surface area (Å²) in [6.45, 7) is 4.16. The predicted molar refractivity (Wildman–Crippen MR) is 46.0 cm³/mol. The molecule has 0 aliphatic rings. The number of hydrogen-bond donors (Lipinski definition) is 1. The quantitative estimate of drug-likeness (QED) is 0.622. The van der Waals surface area contributed by atoms with E-state index in [0.29, 0.717) is 5.92 Å². The summed E-state index contributed by atoms with van der Waals surface area (Å²) in [6, 6.07) is 0. The van der Waals surface area contributed by atoms with Gasteiger partial charge in [0.15, 0.2) is 0 Å². The molecule has 10 heavy (non-hydrogen) atoms. The second-order valence-corrected chi connectivity index (χ2v) is 3.15. The Kier molecular flexibility index (Phi) is 5.64. The number of rotatable bonds is 5. The minimum Gasteiger partial charge on any atom is -0.330 e. The van der Waals surface area contributed by atoms with Gasteiger partial charge in [0.05, 0.1) is 0 Å². The van der Waals surface area contributed by atoms with Crippen molar-refractivity contribution in [1.82, 2.24) is 4.90 Å². The van der Waals surface area contributed by atoms with Gasteiger partial charge in [-0.25, -0.2) is 0 Å². The van der Waals surface area contributed by atoms with Crippen molar-refractivity contribution in [3.05, 3.63) is 0 Å². The van der Waals surface area contributed by atoms with Crippen LogP contribution in [-0.2, 0) is 0 Å². The van der Waals surface area contributed by atoms with Gasteiger partial charge in [-0.2, -0.15) is 0 Å². The van der Waals surface area contributed by atoms with E-state index in [0.717, 1.165) is 13.1 Å². The summed E-state index contributed by atoms with van der Waals surface area (Å²) in [6.07, 6.45) is 2.50. The third kappa shape index (κ3) is 4.77. The van der Waals surface area contributed by atoms with Crippen LogP contribution in [0.15, 0.2) is 0 Å². The van der Waals surface area contributed by atoms with Crippen LogP contribution in [0.5, 0.6) is 0 Å². The Labute approximate surface area is 64.4 Å². The molecule has 0 radical (unpaired) electrons. The van der Waals surface area contributed by atoms with Crippen molar-refractivity contribution in [2.24, 2.45) is 11.7 Å². The van der Waals surface area contributed by atoms with Gasteiger partial charge in [0, 0.05) is 6.54 Å². The highest BCUT2D eigenvalue weighted by atomic mass is 15.1. The van der Waals surface area contributed by atoms with Crippen molar-refractivity contribution >= 4 is 0 Å². The van der Waals surface area contributed by atoms with Gasteiger partial charge in [-0.3, -0.25) is 0 Å². The lowest BCUT2D eigenvalue weighted by Crippen LogP contribution is -2.27. The Bertz CT molecular complexity index is 71.7. The zero-order valence-electron chi connectivity index (χ0n) is 7.43. The van der Waals surface area contributed by atoms with Crippen LogP contribution >= 0.6 is 0 Å². The monoisotopic (exact) mass is 144 g/mol. The minimum atomic E-state index is 0.694. The first-order chi connectivity index (χ1) is 4.70. The average Bonchev–Trinajstić information content (AvgIpc) is 1.86. The summed E-state index contributed by atoms with van der Waals surface area (Å²) < 4.78 is 0. The number of nitrogens with zero attached hydrogens (tertiary/aromatic N) is 1. The van der Waals surface area contributed by atoms with Crippen LogP contribution in [0.25, 0.3) is 0 Å². The summed E-state index contributed by atoms with van der Waals surface area (Å²) in [5, 5.41) is 0. The molecule has 1 atom stereocenters. The normalized spacial score (nSPS) is 14.1. The highest BCUT2D eigenvalue weighted by molar-refractivity contribution is 4.61. The van der Waals surface area contributed by atoms with Gasteiger partial charge in [-0.15, -0.1) is 0 Å².